The summed E-state index contributed by atoms with van der Waals surface area (Å²) in [5.74, 6) is 0.291. The first-order valence-electron chi connectivity index (χ1n) is 9.57. The quantitative estimate of drug-likeness (QED) is 0.427. The second-order valence-electron chi connectivity index (χ2n) is 8.96. The Kier molecular flexibility index (Phi) is 9.17. The molecular weight excluding hydrogens is 379 g/mol. The minimum Gasteiger partial charge on any atom is -0.507 e. The summed E-state index contributed by atoms with van der Waals surface area (Å²) in [5, 5.41) is 10.9. The Hall–Kier alpha value is -0.910. The summed E-state index contributed by atoms with van der Waals surface area (Å²) in [6, 6.07) is 3.80. The summed E-state index contributed by atoms with van der Waals surface area (Å²) >= 11 is 0. The van der Waals surface area contributed by atoms with Gasteiger partial charge in [-0.05, 0) is 27.5 Å². The molecule has 0 fully saturated rings. The Morgan fingerprint density at radius 3 is 1.54 bits per heavy atom. The van der Waals surface area contributed by atoms with Crippen LogP contribution in [0.15, 0.2) is 12.1 Å². The van der Waals surface area contributed by atoms with Crippen molar-refractivity contribution in [2.45, 2.75) is 58.5 Å². The normalized spacial score (nSPS) is 13.1. The highest BCUT2D eigenvalue weighted by molar-refractivity contribution is 7.53. The molecule has 7 heteroatoms. The summed E-state index contributed by atoms with van der Waals surface area (Å²) < 4.78 is 34.5. The molecule has 6 nitrogen and oxygen atoms in total. The third-order valence-electron chi connectivity index (χ3n) is 4.31. The lowest BCUT2D eigenvalue weighted by molar-refractivity contribution is 0.107. The molecule has 0 bridgehead atoms. The maximum atomic E-state index is 13.3. The number of aromatic hydroxyl groups is 1. The Labute approximate surface area is 170 Å². The molecule has 28 heavy (non-hydrogen) atoms. The first-order valence-corrected chi connectivity index (χ1v) is 11.3. The summed E-state index contributed by atoms with van der Waals surface area (Å²) in [6.45, 7) is 13.3. The van der Waals surface area contributed by atoms with Crippen LogP contribution in [-0.4, -0.2) is 45.8 Å². The molecule has 0 heterocycles. The molecule has 0 radical (unpaired) electrons. The number of hydrogen-bond acceptors (Lipinski definition) is 6. The second kappa shape index (κ2) is 10.2. The zero-order valence-electron chi connectivity index (χ0n) is 18.6. The molecule has 1 N–H and O–H groups in total. The fourth-order valence-electron chi connectivity index (χ4n) is 2.80. The van der Waals surface area contributed by atoms with E-state index in [0.717, 1.165) is 16.7 Å². The van der Waals surface area contributed by atoms with E-state index in [0.29, 0.717) is 19.0 Å². The van der Waals surface area contributed by atoms with Crippen molar-refractivity contribution in [1.29, 1.82) is 0 Å². The first kappa shape index (κ1) is 25.1. The number of phenols is 1. The molecule has 0 unspecified atom stereocenters. The first-order chi connectivity index (χ1) is 12.8. The van der Waals surface area contributed by atoms with Gasteiger partial charge in [0, 0.05) is 14.2 Å². The molecule has 1 rings (SSSR count). The van der Waals surface area contributed by atoms with E-state index in [2.05, 4.69) is 0 Å². The molecule has 0 spiro atoms. The average Bonchev–Trinajstić information content (AvgIpc) is 2.55. The average molecular weight is 416 g/mol. The summed E-state index contributed by atoms with van der Waals surface area (Å²) in [7, 11) is -0.280. The molecule has 162 valence electrons. The van der Waals surface area contributed by atoms with Gasteiger partial charge in [0.15, 0.2) is 0 Å². The third kappa shape index (κ3) is 7.49. The summed E-state index contributed by atoms with van der Waals surface area (Å²) in [6.07, 6.45) is 0.118. The lowest BCUT2D eigenvalue weighted by atomic mass is 9.78. The number of rotatable bonds is 10. The van der Waals surface area contributed by atoms with Gasteiger partial charge < -0.3 is 23.6 Å². The van der Waals surface area contributed by atoms with Gasteiger partial charge in [-0.1, -0.05) is 53.7 Å². The number of phenolic OH excluding ortho intramolecular Hbond substituents is 1. The maximum Gasteiger partial charge on any atom is 0.335 e. The van der Waals surface area contributed by atoms with Crippen molar-refractivity contribution in [2.75, 3.05) is 40.6 Å². The van der Waals surface area contributed by atoms with Crippen molar-refractivity contribution < 1.29 is 28.2 Å². The van der Waals surface area contributed by atoms with Crippen LogP contribution in [-0.2, 0) is 40.1 Å². The van der Waals surface area contributed by atoms with Crippen LogP contribution in [0.5, 0.6) is 5.75 Å². The van der Waals surface area contributed by atoms with Crippen LogP contribution in [0.3, 0.4) is 0 Å². The summed E-state index contributed by atoms with van der Waals surface area (Å²) in [4.78, 5) is 0. The van der Waals surface area contributed by atoms with Crippen molar-refractivity contribution in [3.8, 4) is 5.75 Å². The molecule has 0 saturated carbocycles. The maximum absolute atomic E-state index is 13.3. The van der Waals surface area contributed by atoms with Gasteiger partial charge >= 0.3 is 7.60 Å². The Morgan fingerprint density at radius 2 is 1.21 bits per heavy atom. The van der Waals surface area contributed by atoms with Gasteiger partial charge in [-0.25, -0.2) is 0 Å². The standard InChI is InChI=1S/C21H37O6P/c1-20(2,3)17-13-16(14-18(19(17)22)21(4,5)6)15-28(23,26-11-9-24-7)27-12-10-25-8/h13-14,22H,9-12,15H2,1-8H3. The molecular formula is C21H37O6P. The second-order valence-corrected chi connectivity index (χ2v) is 11.0. The largest absolute Gasteiger partial charge is 0.507 e. The minimum atomic E-state index is -3.40. The van der Waals surface area contributed by atoms with E-state index < -0.39 is 7.60 Å². The van der Waals surface area contributed by atoms with Crippen molar-refractivity contribution in [3.63, 3.8) is 0 Å². The molecule has 1 aromatic rings. The predicted molar refractivity (Wildman–Crippen MR) is 112 cm³/mol. The van der Waals surface area contributed by atoms with E-state index in [1.807, 2.05) is 53.7 Å². The zero-order valence-corrected chi connectivity index (χ0v) is 19.5. The predicted octanol–water partition coefficient (Wildman–Crippen LogP) is 5.01. The van der Waals surface area contributed by atoms with E-state index in [-0.39, 0.29) is 30.2 Å². The van der Waals surface area contributed by atoms with Gasteiger partial charge in [-0.3, -0.25) is 4.57 Å². The number of benzene rings is 1. The lowest BCUT2D eigenvalue weighted by Crippen LogP contribution is -2.18. The van der Waals surface area contributed by atoms with Crippen LogP contribution >= 0.6 is 7.60 Å². The third-order valence-corrected chi connectivity index (χ3v) is 6.22. The molecule has 0 saturated heterocycles. The van der Waals surface area contributed by atoms with Gasteiger partial charge in [0.05, 0.1) is 32.6 Å². The molecule has 0 aliphatic rings. The van der Waals surface area contributed by atoms with Crippen molar-refractivity contribution >= 4 is 7.60 Å². The molecule has 1 aromatic carbocycles. The SMILES string of the molecule is COCCOP(=O)(Cc1cc(C(C)(C)C)c(O)c(C(C)(C)C)c1)OCCOC. The fraction of sp³-hybridized carbons (Fsp3) is 0.714. The van der Waals surface area contributed by atoms with E-state index >= 15 is 0 Å². The van der Waals surface area contributed by atoms with Crippen LogP contribution in [0, 0.1) is 0 Å². The topological polar surface area (TPSA) is 74.2 Å². The van der Waals surface area contributed by atoms with E-state index in [9.17, 15) is 9.67 Å². The molecule has 0 atom stereocenters. The highest BCUT2D eigenvalue weighted by Gasteiger charge is 2.30. The number of ether oxygens (including phenoxy) is 2. The van der Waals surface area contributed by atoms with Gasteiger partial charge in [-0.2, -0.15) is 0 Å². The smallest absolute Gasteiger partial charge is 0.335 e. The van der Waals surface area contributed by atoms with E-state index in [1.165, 1.54) is 0 Å². The highest BCUT2D eigenvalue weighted by atomic mass is 31.2. The van der Waals surface area contributed by atoms with E-state index in [1.54, 1.807) is 14.2 Å². The Bertz CT molecular complexity index is 623. The van der Waals surface area contributed by atoms with Gasteiger partial charge in [-0.15, -0.1) is 0 Å². The number of methoxy groups -OCH3 is 2. The highest BCUT2D eigenvalue weighted by Crippen LogP contribution is 2.52. The van der Waals surface area contributed by atoms with Gasteiger partial charge in [0.1, 0.15) is 5.75 Å². The van der Waals surface area contributed by atoms with Crippen molar-refractivity contribution in [1.82, 2.24) is 0 Å². The monoisotopic (exact) mass is 416 g/mol. The Morgan fingerprint density at radius 1 is 0.821 bits per heavy atom. The van der Waals surface area contributed by atoms with Crippen LogP contribution in [0.4, 0.5) is 0 Å². The molecule has 0 aromatic heterocycles. The van der Waals surface area contributed by atoms with Crippen LogP contribution < -0.4 is 0 Å². The van der Waals surface area contributed by atoms with Crippen molar-refractivity contribution in [3.05, 3.63) is 28.8 Å². The van der Waals surface area contributed by atoms with Crippen LogP contribution in [0.1, 0.15) is 58.2 Å². The zero-order chi connectivity index (χ0) is 21.6. The van der Waals surface area contributed by atoms with Gasteiger partial charge in [0.2, 0.25) is 0 Å². The molecule has 0 aliphatic carbocycles. The van der Waals surface area contributed by atoms with E-state index in [4.69, 9.17) is 18.5 Å². The van der Waals surface area contributed by atoms with Crippen molar-refractivity contribution in [2.24, 2.45) is 0 Å². The lowest BCUT2D eigenvalue weighted by Gasteiger charge is -2.29. The Balaban J connectivity index is 3.31. The molecule has 0 aliphatic heterocycles. The molecule has 0 amide bonds. The number of hydrogen-bond donors (Lipinski definition) is 1. The van der Waals surface area contributed by atoms with Crippen LogP contribution in [0.2, 0.25) is 0 Å². The minimum absolute atomic E-state index is 0.118. The fourth-order valence-corrected chi connectivity index (χ4v) is 4.39. The summed E-state index contributed by atoms with van der Waals surface area (Å²) in [5.41, 5.74) is 1.91. The van der Waals surface area contributed by atoms with Crippen LogP contribution in [0.25, 0.3) is 0 Å². The van der Waals surface area contributed by atoms with Gasteiger partial charge in [0.25, 0.3) is 0 Å².